The summed E-state index contributed by atoms with van der Waals surface area (Å²) >= 11 is 2.78. The monoisotopic (exact) mass is 449 g/mol. The second kappa shape index (κ2) is 9.23. The van der Waals surface area contributed by atoms with Crippen LogP contribution in [0.4, 0.5) is 11.4 Å². The van der Waals surface area contributed by atoms with E-state index in [0.717, 1.165) is 26.6 Å². The van der Waals surface area contributed by atoms with Crippen molar-refractivity contribution in [3.63, 3.8) is 0 Å². The summed E-state index contributed by atoms with van der Waals surface area (Å²) in [4.78, 5) is 38.3. The number of carbonyl (C=O) groups is 2. The standard InChI is InChI=1S/C22H19N5O2S2/c1-13(28)23-16-9-6-10-17(11-16)25-18(29)12-30-22-26-19(15-7-4-3-5-8-15)20-21(27-22)31-14(2)24-20/h3-11H,12H2,1-2H3,(H,23,28)(H,25,29). The Balaban J connectivity index is 1.50. The molecule has 4 rings (SSSR count). The van der Waals surface area contributed by atoms with Gasteiger partial charge in [-0.3, -0.25) is 9.59 Å². The van der Waals surface area contributed by atoms with Crippen molar-refractivity contribution >= 4 is 56.6 Å². The van der Waals surface area contributed by atoms with Crippen molar-refractivity contribution in [2.75, 3.05) is 16.4 Å². The second-order valence-electron chi connectivity index (χ2n) is 6.71. The number of hydrogen-bond donors (Lipinski definition) is 2. The zero-order valence-corrected chi connectivity index (χ0v) is 18.5. The van der Waals surface area contributed by atoms with Crippen molar-refractivity contribution < 1.29 is 9.59 Å². The highest BCUT2D eigenvalue weighted by Crippen LogP contribution is 2.31. The van der Waals surface area contributed by atoms with Gasteiger partial charge in [0.15, 0.2) is 5.16 Å². The van der Waals surface area contributed by atoms with Gasteiger partial charge in [0.1, 0.15) is 16.0 Å². The Morgan fingerprint density at radius 3 is 2.45 bits per heavy atom. The van der Waals surface area contributed by atoms with E-state index in [4.69, 9.17) is 0 Å². The van der Waals surface area contributed by atoms with Crippen LogP contribution >= 0.6 is 23.1 Å². The number of amides is 2. The zero-order chi connectivity index (χ0) is 21.8. The molecule has 9 heteroatoms. The smallest absolute Gasteiger partial charge is 0.234 e. The lowest BCUT2D eigenvalue weighted by Crippen LogP contribution is -2.14. The molecule has 0 atom stereocenters. The van der Waals surface area contributed by atoms with Crippen LogP contribution in [0.25, 0.3) is 21.6 Å². The van der Waals surface area contributed by atoms with E-state index in [1.807, 2.05) is 37.3 Å². The lowest BCUT2D eigenvalue weighted by atomic mass is 10.1. The minimum absolute atomic E-state index is 0.155. The van der Waals surface area contributed by atoms with Gasteiger partial charge in [0.25, 0.3) is 0 Å². The maximum atomic E-state index is 12.5. The summed E-state index contributed by atoms with van der Waals surface area (Å²) in [5.74, 6) is -0.198. The lowest BCUT2D eigenvalue weighted by Gasteiger charge is -2.08. The van der Waals surface area contributed by atoms with Crippen LogP contribution in [0.2, 0.25) is 0 Å². The molecule has 2 aromatic carbocycles. The van der Waals surface area contributed by atoms with Crippen LogP contribution in [0.15, 0.2) is 59.8 Å². The van der Waals surface area contributed by atoms with Crippen LogP contribution in [0, 0.1) is 6.92 Å². The fourth-order valence-corrected chi connectivity index (χ4v) is 4.46. The number of fused-ring (bicyclic) bond motifs is 1. The molecule has 2 amide bonds. The molecule has 0 aliphatic rings. The van der Waals surface area contributed by atoms with Crippen molar-refractivity contribution in [2.24, 2.45) is 0 Å². The van der Waals surface area contributed by atoms with Crippen LogP contribution in [0.3, 0.4) is 0 Å². The number of hydrogen-bond acceptors (Lipinski definition) is 7. The summed E-state index contributed by atoms with van der Waals surface area (Å²) in [5, 5.41) is 6.98. The molecular weight excluding hydrogens is 430 g/mol. The molecule has 2 heterocycles. The normalized spacial score (nSPS) is 10.8. The molecule has 0 spiro atoms. The van der Waals surface area contributed by atoms with Gasteiger partial charge in [-0.1, -0.05) is 59.5 Å². The number of benzene rings is 2. The van der Waals surface area contributed by atoms with E-state index in [1.165, 1.54) is 30.0 Å². The summed E-state index contributed by atoms with van der Waals surface area (Å²) in [6, 6.07) is 16.8. The van der Waals surface area contributed by atoms with Crippen molar-refractivity contribution in [2.45, 2.75) is 19.0 Å². The number of nitrogens with zero attached hydrogens (tertiary/aromatic N) is 3. The van der Waals surface area contributed by atoms with Crippen molar-refractivity contribution in [3.8, 4) is 11.3 Å². The predicted molar refractivity (Wildman–Crippen MR) is 125 cm³/mol. The first-order chi connectivity index (χ1) is 15.0. The molecule has 0 saturated carbocycles. The highest BCUT2D eigenvalue weighted by molar-refractivity contribution is 7.99. The molecule has 4 aromatic rings. The second-order valence-corrected chi connectivity index (χ2v) is 8.83. The fraction of sp³-hybridized carbons (Fsp3) is 0.136. The van der Waals surface area contributed by atoms with E-state index in [9.17, 15) is 9.59 Å². The topological polar surface area (TPSA) is 96.9 Å². The number of nitrogens with one attached hydrogen (secondary N) is 2. The average Bonchev–Trinajstić information content (AvgIpc) is 3.12. The van der Waals surface area contributed by atoms with Gasteiger partial charge in [0.05, 0.1) is 10.8 Å². The molecule has 0 saturated heterocycles. The van der Waals surface area contributed by atoms with Gasteiger partial charge in [0, 0.05) is 23.9 Å². The van der Waals surface area contributed by atoms with Gasteiger partial charge in [-0.25, -0.2) is 15.0 Å². The minimum Gasteiger partial charge on any atom is -0.326 e. The first kappa shape index (κ1) is 21.0. The van der Waals surface area contributed by atoms with E-state index < -0.39 is 0 Å². The summed E-state index contributed by atoms with van der Waals surface area (Å²) in [6.07, 6.45) is 0. The Hall–Kier alpha value is -3.30. The summed E-state index contributed by atoms with van der Waals surface area (Å²) in [7, 11) is 0. The summed E-state index contributed by atoms with van der Waals surface area (Å²) < 4.78 is 0. The Morgan fingerprint density at radius 2 is 1.71 bits per heavy atom. The first-order valence-electron chi connectivity index (χ1n) is 9.49. The molecule has 2 aromatic heterocycles. The highest BCUT2D eigenvalue weighted by atomic mass is 32.2. The van der Waals surface area contributed by atoms with Crippen LogP contribution in [0.1, 0.15) is 11.9 Å². The molecule has 0 aliphatic carbocycles. The summed E-state index contributed by atoms with van der Waals surface area (Å²) in [6.45, 7) is 3.38. The van der Waals surface area contributed by atoms with Crippen molar-refractivity contribution in [1.82, 2.24) is 15.0 Å². The quantitative estimate of drug-likeness (QED) is 0.326. The van der Waals surface area contributed by atoms with Gasteiger partial charge in [-0.05, 0) is 25.1 Å². The molecule has 0 radical (unpaired) electrons. The van der Waals surface area contributed by atoms with E-state index in [1.54, 1.807) is 24.3 Å². The maximum Gasteiger partial charge on any atom is 0.234 e. The fourth-order valence-electron chi connectivity index (χ4n) is 2.97. The van der Waals surface area contributed by atoms with Gasteiger partial charge in [-0.15, -0.1) is 0 Å². The van der Waals surface area contributed by atoms with Crippen LogP contribution in [0.5, 0.6) is 0 Å². The number of aryl methyl sites for hydroxylation is 1. The number of thioether (sulfide) groups is 1. The third kappa shape index (κ3) is 5.25. The Morgan fingerprint density at radius 1 is 0.968 bits per heavy atom. The number of aromatic nitrogens is 3. The molecule has 7 nitrogen and oxygen atoms in total. The largest absolute Gasteiger partial charge is 0.326 e. The van der Waals surface area contributed by atoms with Crippen molar-refractivity contribution in [3.05, 3.63) is 59.6 Å². The van der Waals surface area contributed by atoms with E-state index in [-0.39, 0.29) is 17.6 Å². The molecular formula is C22H19N5O2S2. The van der Waals surface area contributed by atoms with Crippen LogP contribution in [-0.4, -0.2) is 32.5 Å². The Bertz CT molecular complexity index is 1260. The van der Waals surface area contributed by atoms with Gasteiger partial charge in [-0.2, -0.15) is 0 Å². The third-order valence-corrected chi connectivity index (χ3v) is 5.90. The molecule has 0 bridgehead atoms. The Kier molecular flexibility index (Phi) is 6.24. The molecule has 0 unspecified atom stereocenters. The van der Waals surface area contributed by atoms with Crippen molar-refractivity contribution in [1.29, 1.82) is 0 Å². The van der Waals surface area contributed by atoms with Gasteiger partial charge in [0.2, 0.25) is 11.8 Å². The zero-order valence-electron chi connectivity index (χ0n) is 16.9. The molecule has 2 N–H and O–H groups in total. The SMILES string of the molecule is CC(=O)Nc1cccc(NC(=O)CSc2nc(-c3ccccc3)c3nc(C)sc3n2)c1. The molecule has 156 valence electrons. The van der Waals surface area contributed by atoms with E-state index in [0.29, 0.717) is 16.5 Å². The lowest BCUT2D eigenvalue weighted by molar-refractivity contribution is -0.114. The summed E-state index contributed by atoms with van der Waals surface area (Å²) in [5.41, 5.74) is 3.73. The molecule has 0 aliphatic heterocycles. The van der Waals surface area contributed by atoms with Crippen LogP contribution in [-0.2, 0) is 9.59 Å². The van der Waals surface area contributed by atoms with E-state index >= 15 is 0 Å². The highest BCUT2D eigenvalue weighted by Gasteiger charge is 2.15. The number of thiazole rings is 1. The number of anilines is 2. The third-order valence-electron chi connectivity index (χ3n) is 4.19. The predicted octanol–water partition coefficient (Wildman–Crippen LogP) is 4.75. The van der Waals surface area contributed by atoms with E-state index in [2.05, 4.69) is 25.6 Å². The number of rotatable bonds is 6. The van der Waals surface area contributed by atoms with Crippen LogP contribution < -0.4 is 10.6 Å². The average molecular weight is 450 g/mol. The first-order valence-corrected chi connectivity index (χ1v) is 11.3. The molecule has 0 fully saturated rings. The van der Waals surface area contributed by atoms with Gasteiger partial charge < -0.3 is 10.6 Å². The maximum absolute atomic E-state index is 12.5. The Labute approximate surface area is 187 Å². The molecule has 31 heavy (non-hydrogen) atoms. The number of carbonyl (C=O) groups excluding carboxylic acids is 2. The van der Waals surface area contributed by atoms with Gasteiger partial charge >= 0.3 is 0 Å². The minimum atomic E-state index is -0.185.